The fourth-order valence-corrected chi connectivity index (χ4v) is 4.99. The van der Waals surface area contributed by atoms with Crippen LogP contribution in [0.15, 0.2) is 35.5 Å². The third-order valence-electron chi connectivity index (χ3n) is 7.28. The molecule has 0 aliphatic heterocycles. The van der Waals surface area contributed by atoms with Crippen LogP contribution in [0.1, 0.15) is 91.4 Å². The van der Waals surface area contributed by atoms with Gasteiger partial charge in [-0.15, -0.1) is 0 Å². The summed E-state index contributed by atoms with van der Waals surface area (Å²) in [5, 5.41) is 29.6. The van der Waals surface area contributed by atoms with Crippen molar-refractivity contribution >= 4 is 0 Å². The van der Waals surface area contributed by atoms with Crippen molar-refractivity contribution in [3.63, 3.8) is 0 Å². The number of hydrogen-bond donors (Lipinski definition) is 3. The van der Waals surface area contributed by atoms with Crippen LogP contribution in [0.4, 0.5) is 0 Å². The summed E-state index contributed by atoms with van der Waals surface area (Å²) in [4.78, 5) is 0. The molecule has 6 atom stereocenters. The van der Waals surface area contributed by atoms with Gasteiger partial charge in [0.05, 0.1) is 18.3 Å². The minimum absolute atomic E-state index is 0.172. The molecule has 0 saturated heterocycles. The minimum Gasteiger partial charge on any atom is -0.393 e. The van der Waals surface area contributed by atoms with E-state index < -0.39 is 12.2 Å². The lowest BCUT2D eigenvalue weighted by Crippen LogP contribution is -2.27. The van der Waals surface area contributed by atoms with Gasteiger partial charge in [0.15, 0.2) is 0 Å². The molecule has 3 N–H and O–H groups in total. The Morgan fingerprint density at radius 1 is 1.00 bits per heavy atom. The maximum atomic E-state index is 10.1. The van der Waals surface area contributed by atoms with Gasteiger partial charge in [0, 0.05) is 0 Å². The van der Waals surface area contributed by atoms with E-state index in [4.69, 9.17) is 0 Å². The second-order valence-corrected chi connectivity index (χ2v) is 9.82. The Morgan fingerprint density at radius 2 is 1.69 bits per heavy atom. The summed E-state index contributed by atoms with van der Waals surface area (Å²) in [5.74, 6) is 2.14. The lowest BCUT2D eigenvalue weighted by Gasteiger charge is -2.27. The van der Waals surface area contributed by atoms with Crippen LogP contribution >= 0.6 is 0 Å². The van der Waals surface area contributed by atoms with Gasteiger partial charge in [0.25, 0.3) is 0 Å². The maximum Gasteiger partial charge on any atom is 0.0809 e. The van der Waals surface area contributed by atoms with E-state index in [9.17, 15) is 15.3 Å². The van der Waals surface area contributed by atoms with Crippen LogP contribution in [0, 0.1) is 17.8 Å². The standard InChI is InChI=1S/C26H44O3/c1-18(8-7-9-20(3)27)23-10-5-6-11-24(19(2)12-14-23)15-13-22-16-25(28)21(4)26(29)17-22/h13,15,18-20,23,25-29H,4-12,14,16-17H2,1-3H3/b24-15+/t18-,19+,20+,23?,25-,26-/m1/s1. The molecule has 166 valence electrons. The molecule has 0 amide bonds. The smallest absolute Gasteiger partial charge is 0.0809 e. The molecule has 0 bridgehead atoms. The van der Waals surface area contributed by atoms with E-state index >= 15 is 0 Å². The Hall–Kier alpha value is -0.900. The predicted molar refractivity (Wildman–Crippen MR) is 122 cm³/mol. The van der Waals surface area contributed by atoms with E-state index in [0.29, 0.717) is 24.3 Å². The van der Waals surface area contributed by atoms with E-state index in [-0.39, 0.29) is 6.10 Å². The summed E-state index contributed by atoms with van der Waals surface area (Å²) in [5.41, 5.74) is 3.20. The number of allylic oxidation sites excluding steroid dienone is 3. The second kappa shape index (κ2) is 12.1. The van der Waals surface area contributed by atoms with Crippen LogP contribution in [0.3, 0.4) is 0 Å². The van der Waals surface area contributed by atoms with Crippen LogP contribution in [0.5, 0.6) is 0 Å². The summed E-state index contributed by atoms with van der Waals surface area (Å²) < 4.78 is 0. The van der Waals surface area contributed by atoms with Crippen LogP contribution in [0.2, 0.25) is 0 Å². The number of rotatable bonds is 6. The van der Waals surface area contributed by atoms with Crippen molar-refractivity contribution in [2.45, 2.75) is 110 Å². The van der Waals surface area contributed by atoms with Gasteiger partial charge >= 0.3 is 0 Å². The molecule has 0 aromatic heterocycles. The third kappa shape index (κ3) is 8.03. The summed E-state index contributed by atoms with van der Waals surface area (Å²) in [6, 6.07) is 0. The zero-order valence-electron chi connectivity index (χ0n) is 18.9. The summed E-state index contributed by atoms with van der Waals surface area (Å²) in [6.07, 6.45) is 15.1. The lowest BCUT2D eigenvalue weighted by atomic mass is 9.81. The molecule has 2 saturated carbocycles. The Labute approximate surface area is 178 Å². The van der Waals surface area contributed by atoms with E-state index in [0.717, 1.165) is 36.7 Å². The van der Waals surface area contributed by atoms with Gasteiger partial charge in [0.2, 0.25) is 0 Å². The van der Waals surface area contributed by atoms with Gasteiger partial charge in [-0.2, -0.15) is 0 Å². The van der Waals surface area contributed by atoms with Gasteiger partial charge in [-0.3, -0.25) is 0 Å². The van der Waals surface area contributed by atoms with Crippen LogP contribution in [0.25, 0.3) is 0 Å². The fourth-order valence-electron chi connectivity index (χ4n) is 4.99. The van der Waals surface area contributed by atoms with Crippen LogP contribution < -0.4 is 0 Å². The van der Waals surface area contributed by atoms with Crippen molar-refractivity contribution in [1.82, 2.24) is 0 Å². The van der Waals surface area contributed by atoms with Crippen molar-refractivity contribution in [1.29, 1.82) is 0 Å². The highest BCUT2D eigenvalue weighted by Gasteiger charge is 2.25. The predicted octanol–water partition coefficient (Wildman–Crippen LogP) is 5.70. The highest BCUT2D eigenvalue weighted by Crippen LogP contribution is 2.35. The molecular formula is C26H44O3. The molecule has 2 aliphatic carbocycles. The number of hydrogen-bond acceptors (Lipinski definition) is 3. The zero-order chi connectivity index (χ0) is 21.4. The van der Waals surface area contributed by atoms with E-state index in [1.165, 1.54) is 44.1 Å². The molecule has 3 nitrogen and oxygen atoms in total. The second-order valence-electron chi connectivity index (χ2n) is 9.82. The molecule has 0 aromatic carbocycles. The first-order chi connectivity index (χ1) is 13.8. The van der Waals surface area contributed by atoms with Crippen molar-refractivity contribution in [3.05, 3.63) is 35.5 Å². The first-order valence-corrected chi connectivity index (χ1v) is 11.9. The average Bonchev–Trinajstić information content (AvgIpc) is 2.75. The number of aliphatic hydroxyl groups excluding tert-OH is 3. The Bertz CT molecular complexity index is 559. The van der Waals surface area contributed by atoms with Crippen molar-refractivity contribution in [2.24, 2.45) is 17.8 Å². The molecule has 2 rings (SSSR count). The van der Waals surface area contributed by atoms with Crippen molar-refractivity contribution in [3.8, 4) is 0 Å². The Morgan fingerprint density at radius 3 is 2.34 bits per heavy atom. The SMILES string of the molecule is C=C1[C@H](O)CC(=C/C=C2\CCCCC([C@H](C)CCC[C@H](C)O)CC[C@@H]2C)C[C@H]1O. The third-order valence-corrected chi connectivity index (χ3v) is 7.28. The first kappa shape index (κ1) is 24.4. The van der Waals surface area contributed by atoms with Gasteiger partial charge in [0.1, 0.15) is 0 Å². The highest BCUT2D eigenvalue weighted by atomic mass is 16.3. The summed E-state index contributed by atoms with van der Waals surface area (Å²) in [6.45, 7) is 10.5. The molecule has 1 unspecified atom stereocenters. The largest absolute Gasteiger partial charge is 0.393 e. The normalized spacial score (nSPS) is 33.0. The average molecular weight is 405 g/mol. The quantitative estimate of drug-likeness (QED) is 0.497. The minimum atomic E-state index is -0.613. The van der Waals surface area contributed by atoms with Crippen LogP contribution in [-0.4, -0.2) is 33.6 Å². The molecule has 0 spiro atoms. The molecule has 29 heavy (non-hydrogen) atoms. The Balaban J connectivity index is 1.94. The molecule has 0 radical (unpaired) electrons. The lowest BCUT2D eigenvalue weighted by molar-refractivity contribution is 0.123. The molecule has 0 heterocycles. The molecule has 3 heteroatoms. The Kier molecular flexibility index (Phi) is 10.1. The van der Waals surface area contributed by atoms with E-state index in [1.807, 2.05) is 6.92 Å². The van der Waals surface area contributed by atoms with Crippen molar-refractivity contribution < 1.29 is 15.3 Å². The molecular weight excluding hydrogens is 360 g/mol. The van der Waals surface area contributed by atoms with E-state index in [1.54, 1.807) is 0 Å². The van der Waals surface area contributed by atoms with Gasteiger partial charge in [-0.05, 0) is 75.2 Å². The van der Waals surface area contributed by atoms with Crippen molar-refractivity contribution in [2.75, 3.05) is 0 Å². The van der Waals surface area contributed by atoms with Crippen LogP contribution in [-0.2, 0) is 0 Å². The van der Waals surface area contributed by atoms with Gasteiger partial charge < -0.3 is 15.3 Å². The first-order valence-electron chi connectivity index (χ1n) is 11.9. The highest BCUT2D eigenvalue weighted by molar-refractivity contribution is 5.27. The fraction of sp³-hybridized carbons (Fsp3) is 0.769. The zero-order valence-corrected chi connectivity index (χ0v) is 18.9. The summed E-state index contributed by atoms with van der Waals surface area (Å²) >= 11 is 0. The number of aliphatic hydroxyl groups is 3. The van der Waals surface area contributed by atoms with E-state index in [2.05, 4.69) is 32.6 Å². The topological polar surface area (TPSA) is 60.7 Å². The van der Waals surface area contributed by atoms with Gasteiger partial charge in [-0.25, -0.2) is 0 Å². The van der Waals surface area contributed by atoms with Gasteiger partial charge in [-0.1, -0.05) is 69.4 Å². The molecule has 2 aliphatic rings. The maximum absolute atomic E-state index is 10.1. The summed E-state index contributed by atoms with van der Waals surface area (Å²) in [7, 11) is 0. The molecule has 0 aromatic rings. The molecule has 2 fully saturated rings. The monoisotopic (exact) mass is 404 g/mol.